The Labute approximate surface area is 194 Å². The van der Waals surface area contributed by atoms with Gasteiger partial charge in [0.25, 0.3) is 12.1 Å². The number of nitro benzene ring substituents is 1. The molecule has 0 saturated heterocycles. The molecule has 1 N–H and O–H groups in total. The van der Waals surface area contributed by atoms with Gasteiger partial charge in [0.15, 0.2) is 0 Å². The molecular weight excluding hydrogens is 446 g/mol. The maximum absolute atomic E-state index is 13.1. The van der Waals surface area contributed by atoms with Gasteiger partial charge in [-0.1, -0.05) is 6.07 Å². The Morgan fingerprint density at radius 3 is 2.59 bits per heavy atom. The first-order valence-electron chi connectivity index (χ1n) is 10.8. The highest BCUT2D eigenvalue weighted by Gasteiger charge is 2.30. The van der Waals surface area contributed by atoms with E-state index in [9.17, 15) is 23.7 Å². The van der Waals surface area contributed by atoms with Crippen LogP contribution in [0, 0.1) is 30.9 Å². The number of aromatic nitrogens is 2. The Morgan fingerprint density at radius 1 is 1.21 bits per heavy atom. The summed E-state index contributed by atoms with van der Waals surface area (Å²) in [7, 11) is 0. The molecule has 1 amide bonds. The maximum atomic E-state index is 13.1. The van der Waals surface area contributed by atoms with E-state index in [1.807, 2.05) is 32.9 Å². The van der Waals surface area contributed by atoms with Crippen LogP contribution >= 0.6 is 0 Å². The molecule has 0 radical (unpaired) electrons. The highest BCUT2D eigenvalue weighted by atomic mass is 19.3. The number of non-ortho nitro benzene ring substituents is 1. The summed E-state index contributed by atoms with van der Waals surface area (Å²) in [5, 5.41) is 17.9. The third kappa shape index (κ3) is 5.22. The summed E-state index contributed by atoms with van der Waals surface area (Å²) in [5.74, 6) is 0.322. The van der Waals surface area contributed by atoms with E-state index in [1.54, 1.807) is 0 Å². The summed E-state index contributed by atoms with van der Waals surface area (Å²) in [6.45, 7) is 5.47. The normalized spacial score (nSPS) is 13.2. The summed E-state index contributed by atoms with van der Waals surface area (Å²) in [6.07, 6.45) is -1.01. The Kier molecular flexibility index (Phi) is 6.32. The molecule has 1 heterocycles. The van der Waals surface area contributed by atoms with Crippen molar-refractivity contribution in [3.63, 3.8) is 0 Å². The summed E-state index contributed by atoms with van der Waals surface area (Å²) in [5.41, 5.74) is 3.01. The van der Waals surface area contributed by atoms with Crippen molar-refractivity contribution in [1.29, 1.82) is 0 Å². The lowest BCUT2D eigenvalue weighted by atomic mass is 10.1. The van der Waals surface area contributed by atoms with Crippen LogP contribution in [0.25, 0.3) is 0 Å². The molecule has 178 valence electrons. The highest BCUT2D eigenvalue weighted by Crippen LogP contribution is 2.41. The fourth-order valence-corrected chi connectivity index (χ4v) is 3.78. The molecule has 34 heavy (non-hydrogen) atoms. The standard InChI is InChI=1S/C24H24F2N4O4/c1-13-6-14(2)15(3)22(7-13)34-19-9-17(8-18(10-19)30(32)33)27-23(31)12-29-21(16-4-5-16)11-20(28-29)24(25)26/h6-11,16,24H,4-5,12H2,1-3H3,(H,27,31). The van der Waals surface area contributed by atoms with Gasteiger partial charge < -0.3 is 10.1 Å². The fourth-order valence-electron chi connectivity index (χ4n) is 3.78. The summed E-state index contributed by atoms with van der Waals surface area (Å²) >= 11 is 0. The van der Waals surface area contributed by atoms with Gasteiger partial charge in [-0.15, -0.1) is 0 Å². The largest absolute Gasteiger partial charge is 0.457 e. The number of nitrogens with zero attached hydrogens (tertiary/aromatic N) is 3. The van der Waals surface area contributed by atoms with Gasteiger partial charge in [-0.05, 0) is 62.4 Å². The van der Waals surface area contributed by atoms with Crippen LogP contribution in [0.5, 0.6) is 11.5 Å². The SMILES string of the molecule is Cc1cc(C)c(C)c(Oc2cc(NC(=O)Cn3nc(C(F)F)cc3C3CC3)cc([N+](=O)[O-])c2)c1. The molecule has 1 aliphatic carbocycles. The zero-order chi connectivity index (χ0) is 24.6. The average molecular weight is 470 g/mol. The quantitative estimate of drug-likeness (QED) is 0.323. The van der Waals surface area contributed by atoms with Gasteiger partial charge in [0.05, 0.1) is 16.7 Å². The van der Waals surface area contributed by atoms with Gasteiger partial charge in [-0.2, -0.15) is 5.10 Å². The number of amides is 1. The van der Waals surface area contributed by atoms with Crippen LogP contribution in [-0.2, 0) is 11.3 Å². The van der Waals surface area contributed by atoms with Crippen molar-refractivity contribution in [3.8, 4) is 11.5 Å². The Bertz CT molecular complexity index is 1270. The van der Waals surface area contributed by atoms with E-state index < -0.39 is 17.3 Å². The second-order valence-electron chi connectivity index (χ2n) is 8.55. The van der Waals surface area contributed by atoms with Crippen molar-refractivity contribution in [2.75, 3.05) is 5.32 Å². The highest BCUT2D eigenvalue weighted by molar-refractivity contribution is 5.91. The number of hydrogen-bond acceptors (Lipinski definition) is 5. The van der Waals surface area contributed by atoms with Gasteiger partial charge in [0, 0.05) is 23.7 Å². The number of carbonyl (C=O) groups is 1. The minimum atomic E-state index is -2.73. The number of nitro groups is 1. The molecule has 1 fully saturated rings. The number of benzene rings is 2. The first-order chi connectivity index (χ1) is 16.1. The second-order valence-corrected chi connectivity index (χ2v) is 8.55. The molecule has 0 atom stereocenters. The number of rotatable bonds is 8. The van der Waals surface area contributed by atoms with Crippen molar-refractivity contribution in [2.24, 2.45) is 0 Å². The molecule has 0 spiro atoms. The van der Waals surface area contributed by atoms with Gasteiger partial charge in [0.1, 0.15) is 23.7 Å². The van der Waals surface area contributed by atoms with Gasteiger partial charge in [-0.3, -0.25) is 19.6 Å². The van der Waals surface area contributed by atoms with E-state index in [1.165, 1.54) is 28.9 Å². The molecule has 10 heteroatoms. The minimum Gasteiger partial charge on any atom is -0.457 e. The number of aryl methyl sites for hydroxylation is 2. The molecule has 3 aromatic rings. The van der Waals surface area contributed by atoms with Crippen LogP contribution < -0.4 is 10.1 Å². The topological polar surface area (TPSA) is 99.3 Å². The van der Waals surface area contributed by atoms with Crippen molar-refractivity contribution >= 4 is 17.3 Å². The monoisotopic (exact) mass is 470 g/mol. The van der Waals surface area contributed by atoms with Crippen LogP contribution in [0.1, 0.15) is 53.3 Å². The minimum absolute atomic E-state index is 0.117. The molecule has 1 aliphatic rings. The average Bonchev–Trinajstić information content (AvgIpc) is 3.51. The lowest BCUT2D eigenvalue weighted by Gasteiger charge is -2.13. The maximum Gasteiger partial charge on any atom is 0.282 e. The van der Waals surface area contributed by atoms with E-state index in [0.717, 1.165) is 29.5 Å². The number of halogens is 2. The number of alkyl halides is 2. The number of ether oxygens (including phenoxy) is 1. The second kappa shape index (κ2) is 9.20. The van der Waals surface area contributed by atoms with Gasteiger partial charge in [-0.25, -0.2) is 8.78 Å². The lowest BCUT2D eigenvalue weighted by Crippen LogP contribution is -2.21. The predicted octanol–water partition coefficient (Wildman–Crippen LogP) is 5.96. The van der Waals surface area contributed by atoms with Crippen molar-refractivity contribution in [1.82, 2.24) is 9.78 Å². The Hall–Kier alpha value is -3.82. The zero-order valence-corrected chi connectivity index (χ0v) is 19.0. The lowest BCUT2D eigenvalue weighted by molar-refractivity contribution is -0.384. The molecule has 0 bridgehead atoms. The zero-order valence-electron chi connectivity index (χ0n) is 19.0. The predicted molar refractivity (Wildman–Crippen MR) is 122 cm³/mol. The van der Waals surface area contributed by atoms with E-state index in [2.05, 4.69) is 10.4 Å². The molecule has 2 aromatic carbocycles. The van der Waals surface area contributed by atoms with Crippen molar-refractivity contribution < 1.29 is 23.2 Å². The number of nitrogens with one attached hydrogen (secondary N) is 1. The Balaban J connectivity index is 1.57. The van der Waals surface area contributed by atoms with Crippen LogP contribution in [0.4, 0.5) is 20.2 Å². The van der Waals surface area contributed by atoms with Gasteiger partial charge >= 0.3 is 0 Å². The molecule has 1 saturated carbocycles. The Morgan fingerprint density at radius 2 is 1.94 bits per heavy atom. The molecular formula is C24H24F2N4O4. The van der Waals surface area contributed by atoms with E-state index >= 15 is 0 Å². The summed E-state index contributed by atoms with van der Waals surface area (Å²) < 4.78 is 33.4. The summed E-state index contributed by atoms with van der Waals surface area (Å²) in [4.78, 5) is 23.6. The van der Waals surface area contributed by atoms with E-state index in [-0.39, 0.29) is 35.3 Å². The molecule has 8 nitrogen and oxygen atoms in total. The third-order valence-electron chi connectivity index (χ3n) is 5.72. The molecule has 1 aromatic heterocycles. The summed E-state index contributed by atoms with van der Waals surface area (Å²) in [6, 6.07) is 9.15. The van der Waals surface area contributed by atoms with Crippen LogP contribution in [0.15, 0.2) is 36.4 Å². The number of carbonyl (C=O) groups excluding carboxylic acids is 1. The van der Waals surface area contributed by atoms with Crippen molar-refractivity contribution in [2.45, 2.75) is 52.5 Å². The first kappa shape index (κ1) is 23.3. The third-order valence-corrected chi connectivity index (χ3v) is 5.72. The van der Waals surface area contributed by atoms with Crippen molar-refractivity contribution in [3.05, 3.63) is 74.6 Å². The van der Waals surface area contributed by atoms with E-state index in [4.69, 9.17) is 4.74 Å². The van der Waals surface area contributed by atoms with Gasteiger partial charge in [0.2, 0.25) is 5.91 Å². The van der Waals surface area contributed by atoms with E-state index in [0.29, 0.717) is 11.4 Å². The molecule has 0 unspecified atom stereocenters. The first-order valence-corrected chi connectivity index (χ1v) is 10.8. The molecule has 4 rings (SSSR count). The smallest absolute Gasteiger partial charge is 0.282 e. The number of hydrogen-bond donors (Lipinski definition) is 1. The fraction of sp³-hybridized carbons (Fsp3) is 0.333. The van der Waals surface area contributed by atoms with Crippen LogP contribution in [0.3, 0.4) is 0 Å². The van der Waals surface area contributed by atoms with Crippen LogP contribution in [0.2, 0.25) is 0 Å². The number of anilines is 1. The molecule has 0 aliphatic heterocycles. The van der Waals surface area contributed by atoms with Crippen LogP contribution in [-0.4, -0.2) is 20.6 Å².